The fraction of sp³-hybridized carbons (Fsp3) is 0.467. The van der Waals surface area contributed by atoms with Gasteiger partial charge in [0, 0.05) is 48.7 Å². The van der Waals surface area contributed by atoms with Crippen LogP contribution in [-0.4, -0.2) is 89.4 Å². The van der Waals surface area contributed by atoms with Gasteiger partial charge in [-0.15, -0.1) is 11.3 Å². The van der Waals surface area contributed by atoms with Crippen molar-refractivity contribution in [1.29, 1.82) is 5.26 Å². The number of nitrogens with zero attached hydrogens (tertiary/aromatic N) is 7. The van der Waals surface area contributed by atoms with Crippen LogP contribution in [0.2, 0.25) is 0 Å². The van der Waals surface area contributed by atoms with E-state index in [2.05, 4.69) is 26.8 Å². The summed E-state index contributed by atoms with van der Waals surface area (Å²) in [6, 6.07) is 2.28. The summed E-state index contributed by atoms with van der Waals surface area (Å²) in [5.41, 5.74) is 7.67. The number of alkyl halides is 1. The molecule has 0 radical (unpaired) electrons. The number of piperazine rings is 1. The molecule has 2 bridgehead atoms. The second kappa shape index (κ2) is 10.1. The second-order valence-corrected chi connectivity index (χ2v) is 13.3. The van der Waals surface area contributed by atoms with E-state index in [-0.39, 0.29) is 81.4 Å². The highest BCUT2D eigenvalue weighted by Gasteiger charge is 2.46. The monoisotopic (exact) mass is 622 g/mol. The van der Waals surface area contributed by atoms with Crippen LogP contribution in [0.15, 0.2) is 6.20 Å². The van der Waals surface area contributed by atoms with Crippen molar-refractivity contribution in [3.8, 4) is 23.3 Å². The summed E-state index contributed by atoms with van der Waals surface area (Å²) >= 11 is 0.929. The lowest BCUT2D eigenvalue weighted by molar-refractivity contribution is 0.134. The molecule has 0 saturated carbocycles. The molecular weight excluding hydrogens is 593 g/mol. The van der Waals surface area contributed by atoms with Gasteiger partial charge in [0.15, 0.2) is 11.6 Å². The number of nitriles is 1. The van der Waals surface area contributed by atoms with Gasteiger partial charge in [-0.1, -0.05) is 0 Å². The molecular formula is C30H29F3N8O2S. The number of aromatic nitrogens is 3. The first-order chi connectivity index (χ1) is 21.2. The molecule has 14 heteroatoms. The molecule has 4 fully saturated rings. The van der Waals surface area contributed by atoms with E-state index in [1.807, 2.05) is 18.0 Å². The minimum Gasteiger partial charge on any atom is -0.462 e. The van der Waals surface area contributed by atoms with Crippen LogP contribution in [0.1, 0.15) is 29.5 Å². The van der Waals surface area contributed by atoms with E-state index in [0.29, 0.717) is 29.7 Å². The molecule has 0 aliphatic carbocycles. The molecule has 0 amide bonds. The van der Waals surface area contributed by atoms with E-state index in [1.54, 1.807) is 0 Å². The number of likely N-dealkylation sites (tertiary alicyclic amines) is 1. The number of benzene rings is 1. The van der Waals surface area contributed by atoms with Crippen molar-refractivity contribution in [3.05, 3.63) is 34.5 Å². The molecule has 2 N–H and O–H groups in total. The summed E-state index contributed by atoms with van der Waals surface area (Å²) in [4.78, 5) is 20.2. The van der Waals surface area contributed by atoms with Crippen LogP contribution < -0.4 is 15.4 Å². The average Bonchev–Trinajstić information content (AvgIpc) is 3.69. The van der Waals surface area contributed by atoms with Gasteiger partial charge in [-0.2, -0.15) is 15.2 Å². The third kappa shape index (κ3) is 4.06. The molecule has 5 aliphatic rings. The normalized spacial score (nSPS) is 25.0. The van der Waals surface area contributed by atoms with E-state index in [0.717, 1.165) is 42.6 Å². The SMILES string of the molecule is CN1CC2CC(C1)N2c1nc(OC[C@@H]2C[C@@H](F)CN2C)nc2c(F)c(-c3ncc(F)c4sc(N)c(C#N)c34)c3c(c12)COC3. The van der Waals surface area contributed by atoms with Gasteiger partial charge in [0.25, 0.3) is 0 Å². The van der Waals surface area contributed by atoms with Crippen LogP contribution in [0.5, 0.6) is 6.01 Å². The molecule has 1 aromatic carbocycles. The first-order valence-corrected chi connectivity index (χ1v) is 15.4. The highest BCUT2D eigenvalue weighted by Crippen LogP contribution is 2.48. The molecule has 2 unspecified atom stereocenters. The third-order valence-electron chi connectivity index (χ3n) is 9.46. The Kier molecular flexibility index (Phi) is 6.39. The summed E-state index contributed by atoms with van der Waals surface area (Å²) in [7, 11) is 3.93. The van der Waals surface area contributed by atoms with Crippen molar-refractivity contribution < 1.29 is 22.6 Å². The number of fused-ring (bicyclic) bond motifs is 6. The zero-order valence-electron chi connectivity index (χ0n) is 24.1. The molecule has 8 heterocycles. The van der Waals surface area contributed by atoms with Crippen LogP contribution >= 0.6 is 11.3 Å². The minimum atomic E-state index is -0.939. The van der Waals surface area contributed by atoms with Gasteiger partial charge in [-0.25, -0.2) is 13.2 Å². The molecule has 228 valence electrons. The summed E-state index contributed by atoms with van der Waals surface area (Å²) in [5.74, 6) is -0.737. The molecule has 4 aromatic rings. The largest absolute Gasteiger partial charge is 0.462 e. The third-order valence-corrected chi connectivity index (χ3v) is 10.5. The number of halogens is 3. The Morgan fingerprint density at radius 1 is 1.11 bits per heavy atom. The average molecular weight is 623 g/mol. The lowest BCUT2D eigenvalue weighted by atomic mass is 9.86. The number of thiophene rings is 1. The van der Waals surface area contributed by atoms with E-state index in [1.165, 1.54) is 0 Å². The van der Waals surface area contributed by atoms with Gasteiger partial charge in [0.05, 0.1) is 40.8 Å². The van der Waals surface area contributed by atoms with Gasteiger partial charge >= 0.3 is 6.01 Å². The van der Waals surface area contributed by atoms with Crippen molar-refractivity contribution in [3.63, 3.8) is 0 Å². The summed E-state index contributed by atoms with van der Waals surface area (Å²) in [6.07, 6.45) is 1.42. The zero-order valence-corrected chi connectivity index (χ0v) is 24.9. The zero-order chi connectivity index (χ0) is 30.4. The van der Waals surface area contributed by atoms with Crippen molar-refractivity contribution in [2.24, 2.45) is 0 Å². The Hall–Kier alpha value is -3.77. The quantitative estimate of drug-likeness (QED) is 0.350. The van der Waals surface area contributed by atoms with E-state index < -0.39 is 17.8 Å². The number of nitrogens with two attached hydrogens (primary N) is 1. The summed E-state index contributed by atoms with van der Waals surface area (Å²) in [6.45, 7) is 2.46. The fourth-order valence-electron chi connectivity index (χ4n) is 7.42. The van der Waals surface area contributed by atoms with E-state index in [4.69, 9.17) is 20.2 Å². The maximum atomic E-state index is 17.1. The lowest BCUT2D eigenvalue weighted by Gasteiger charge is -2.56. The number of hydrogen-bond donors (Lipinski definition) is 1. The smallest absolute Gasteiger partial charge is 0.319 e. The molecule has 5 aliphatic heterocycles. The lowest BCUT2D eigenvalue weighted by Crippen LogP contribution is -2.68. The van der Waals surface area contributed by atoms with Crippen molar-refractivity contribution in [2.45, 2.75) is 50.4 Å². The maximum Gasteiger partial charge on any atom is 0.319 e. The molecule has 44 heavy (non-hydrogen) atoms. The number of likely N-dealkylation sites (N-methyl/N-ethyl adjacent to an activating group) is 2. The molecule has 4 saturated heterocycles. The van der Waals surface area contributed by atoms with Crippen LogP contribution in [0.3, 0.4) is 0 Å². The number of anilines is 2. The number of rotatable bonds is 5. The molecule has 9 rings (SSSR count). The Morgan fingerprint density at radius 3 is 2.61 bits per heavy atom. The standard InChI is InChI=1S/C30H29F3N8O2S/c1-39-8-14-4-15(9-39)41(14)29-23-19-12-42-11-18(19)21(25-22-17(5-34)28(35)44-27(22)20(32)6-36-25)24(33)26(23)37-30(38-29)43-10-16-3-13(31)7-40(16)2/h6,13-16H,3-4,7-12,35H2,1-2H3/t13-,14?,15?,16+/m1/s1. The van der Waals surface area contributed by atoms with Gasteiger partial charge < -0.3 is 25.0 Å². The molecule has 4 atom stereocenters. The number of pyridine rings is 1. The van der Waals surface area contributed by atoms with Crippen LogP contribution in [0, 0.1) is 23.0 Å². The van der Waals surface area contributed by atoms with Crippen molar-refractivity contribution in [1.82, 2.24) is 24.8 Å². The molecule has 10 nitrogen and oxygen atoms in total. The van der Waals surface area contributed by atoms with Crippen LogP contribution in [0.4, 0.5) is 24.0 Å². The Bertz CT molecular complexity index is 1880. The second-order valence-electron chi connectivity index (χ2n) is 12.2. The highest BCUT2D eigenvalue weighted by atomic mass is 32.1. The Balaban J connectivity index is 1.35. The van der Waals surface area contributed by atoms with Crippen LogP contribution in [-0.2, 0) is 18.0 Å². The summed E-state index contributed by atoms with van der Waals surface area (Å²) < 4.78 is 58.1. The van der Waals surface area contributed by atoms with Crippen LogP contribution in [0.25, 0.3) is 32.2 Å². The number of hydrogen-bond acceptors (Lipinski definition) is 11. The maximum absolute atomic E-state index is 17.1. The van der Waals surface area contributed by atoms with Gasteiger partial charge in [-0.3, -0.25) is 9.88 Å². The predicted octanol–water partition coefficient (Wildman–Crippen LogP) is 3.98. The first kappa shape index (κ1) is 27.8. The van der Waals surface area contributed by atoms with Crippen molar-refractivity contribution >= 4 is 43.1 Å². The Labute approximate surface area is 254 Å². The molecule has 3 aromatic heterocycles. The number of piperidine rings is 1. The first-order valence-electron chi connectivity index (χ1n) is 14.6. The van der Waals surface area contributed by atoms with E-state index in [9.17, 15) is 14.0 Å². The topological polar surface area (TPSA) is 117 Å². The number of ether oxygens (including phenoxy) is 2. The van der Waals surface area contributed by atoms with Gasteiger partial charge in [-0.05, 0) is 38.1 Å². The van der Waals surface area contributed by atoms with Crippen molar-refractivity contribution in [2.75, 3.05) is 51.0 Å². The highest BCUT2D eigenvalue weighted by molar-refractivity contribution is 7.23. The Morgan fingerprint density at radius 2 is 1.89 bits per heavy atom. The number of nitrogen functional groups attached to an aromatic ring is 1. The van der Waals surface area contributed by atoms with Gasteiger partial charge in [0.1, 0.15) is 35.2 Å². The minimum absolute atomic E-state index is 0.0000413. The molecule has 0 spiro atoms. The summed E-state index contributed by atoms with van der Waals surface area (Å²) in [5, 5.41) is 10.7. The van der Waals surface area contributed by atoms with Gasteiger partial charge in [0.2, 0.25) is 0 Å². The predicted molar refractivity (Wildman–Crippen MR) is 159 cm³/mol. The van der Waals surface area contributed by atoms with E-state index >= 15 is 4.39 Å². The fourth-order valence-corrected chi connectivity index (χ4v) is 8.34.